The molecule has 11 nitrogen and oxygen atoms in total. The molecule has 2 aliphatic heterocycles. The molecule has 1 unspecified atom stereocenters. The highest BCUT2D eigenvalue weighted by atomic mass is 32.2. The van der Waals surface area contributed by atoms with Crippen LogP contribution in [0.3, 0.4) is 0 Å². The molecule has 2 aromatic carbocycles. The smallest absolute Gasteiger partial charge is 0.337 e. The standard InChI is InChI=1S/C25H24FN5O6S/c1-29-14-19-21(23(29)33)22(18-7-6-16(13-27)11-20(18)38(2,36)37)31(24(34)28-8-9-32)25(35)30(19)17-5-3-4-15(10-17)12-26/h3-7,10-11,22,32H,8-9,12,14H2,1-2H3,(H,28,34). The maximum Gasteiger partial charge on any atom is 0.337 e. The van der Waals surface area contributed by atoms with Gasteiger partial charge in [0.15, 0.2) is 9.84 Å². The number of aliphatic hydroxyl groups excluding tert-OH is 1. The fourth-order valence-electron chi connectivity index (χ4n) is 4.58. The Kier molecular flexibility index (Phi) is 7.21. The van der Waals surface area contributed by atoms with E-state index in [9.17, 15) is 37.6 Å². The normalized spacial score (nSPS) is 17.6. The predicted molar refractivity (Wildman–Crippen MR) is 133 cm³/mol. The second-order valence-electron chi connectivity index (χ2n) is 8.81. The van der Waals surface area contributed by atoms with Gasteiger partial charge in [0, 0.05) is 19.8 Å². The van der Waals surface area contributed by atoms with Gasteiger partial charge in [0.2, 0.25) is 0 Å². The summed E-state index contributed by atoms with van der Waals surface area (Å²) in [6.45, 7) is -1.51. The Morgan fingerprint density at radius 2 is 1.97 bits per heavy atom. The van der Waals surface area contributed by atoms with Crippen molar-refractivity contribution in [3.63, 3.8) is 0 Å². The number of benzene rings is 2. The summed E-state index contributed by atoms with van der Waals surface area (Å²) in [4.78, 5) is 43.7. The van der Waals surface area contributed by atoms with E-state index in [2.05, 4.69) is 5.32 Å². The van der Waals surface area contributed by atoms with Crippen molar-refractivity contribution in [2.45, 2.75) is 17.6 Å². The number of sulfone groups is 1. The van der Waals surface area contributed by atoms with Crippen molar-refractivity contribution in [1.82, 2.24) is 15.1 Å². The van der Waals surface area contributed by atoms with Gasteiger partial charge in [0.1, 0.15) is 12.7 Å². The first kappa shape index (κ1) is 26.8. The summed E-state index contributed by atoms with van der Waals surface area (Å²) in [7, 11) is -2.51. The summed E-state index contributed by atoms with van der Waals surface area (Å²) >= 11 is 0. The molecule has 1 atom stereocenters. The lowest BCUT2D eigenvalue weighted by Crippen LogP contribution is -2.56. The number of nitriles is 1. The van der Waals surface area contributed by atoms with E-state index in [4.69, 9.17) is 0 Å². The van der Waals surface area contributed by atoms with Crippen molar-refractivity contribution in [2.24, 2.45) is 0 Å². The third kappa shape index (κ3) is 4.59. The zero-order valence-corrected chi connectivity index (χ0v) is 21.3. The number of hydrogen-bond acceptors (Lipinski definition) is 7. The lowest BCUT2D eigenvalue weighted by atomic mass is 9.92. The van der Waals surface area contributed by atoms with E-state index >= 15 is 0 Å². The van der Waals surface area contributed by atoms with Crippen LogP contribution in [0.1, 0.15) is 22.7 Å². The van der Waals surface area contributed by atoms with E-state index in [1.807, 2.05) is 6.07 Å². The van der Waals surface area contributed by atoms with Crippen molar-refractivity contribution < 1.29 is 32.3 Å². The molecule has 0 fully saturated rings. The van der Waals surface area contributed by atoms with Crippen LogP contribution in [0.15, 0.2) is 58.6 Å². The number of nitrogens with one attached hydrogen (secondary N) is 1. The Morgan fingerprint density at radius 3 is 2.61 bits per heavy atom. The summed E-state index contributed by atoms with van der Waals surface area (Å²) in [6, 6.07) is 8.25. The zero-order chi connectivity index (χ0) is 27.8. The van der Waals surface area contributed by atoms with E-state index in [-0.39, 0.29) is 51.6 Å². The van der Waals surface area contributed by atoms with Gasteiger partial charge >= 0.3 is 12.1 Å². The Bertz CT molecular complexity index is 1520. The monoisotopic (exact) mass is 541 g/mol. The first-order valence-corrected chi connectivity index (χ1v) is 13.3. The number of halogens is 1. The largest absolute Gasteiger partial charge is 0.395 e. The fourth-order valence-corrected chi connectivity index (χ4v) is 5.53. The van der Waals surface area contributed by atoms with Crippen LogP contribution in [0.2, 0.25) is 0 Å². The van der Waals surface area contributed by atoms with Crippen LogP contribution >= 0.6 is 0 Å². The number of hydrogen-bond donors (Lipinski definition) is 2. The van der Waals surface area contributed by atoms with Crippen LogP contribution in [0, 0.1) is 11.3 Å². The van der Waals surface area contributed by atoms with Crippen molar-refractivity contribution in [3.05, 3.63) is 70.4 Å². The number of nitrogens with zero attached hydrogens (tertiary/aromatic N) is 4. The van der Waals surface area contributed by atoms with Gasteiger partial charge in [-0.1, -0.05) is 18.2 Å². The summed E-state index contributed by atoms with van der Waals surface area (Å²) in [5, 5.41) is 21.0. The van der Waals surface area contributed by atoms with Crippen LogP contribution in [0.25, 0.3) is 0 Å². The minimum absolute atomic E-state index is 0.0218. The number of anilines is 1. The van der Waals surface area contributed by atoms with Crippen molar-refractivity contribution in [1.29, 1.82) is 5.26 Å². The van der Waals surface area contributed by atoms with Crippen LogP contribution in [0.5, 0.6) is 0 Å². The molecule has 38 heavy (non-hydrogen) atoms. The number of rotatable bonds is 6. The Labute approximate surface area is 218 Å². The fraction of sp³-hybridized carbons (Fsp3) is 0.280. The van der Waals surface area contributed by atoms with Gasteiger partial charge < -0.3 is 15.3 Å². The lowest BCUT2D eigenvalue weighted by molar-refractivity contribution is -0.124. The van der Waals surface area contributed by atoms with Crippen LogP contribution < -0.4 is 10.2 Å². The molecule has 0 spiro atoms. The second kappa shape index (κ2) is 10.2. The van der Waals surface area contributed by atoms with Crippen LogP contribution in [0.4, 0.5) is 19.7 Å². The summed E-state index contributed by atoms with van der Waals surface area (Å²) < 4.78 is 39.0. The van der Waals surface area contributed by atoms with Gasteiger partial charge in [-0.2, -0.15) is 5.26 Å². The molecule has 2 aliphatic rings. The summed E-state index contributed by atoms with van der Waals surface area (Å²) in [5.41, 5.74) is 0.640. The quantitative estimate of drug-likeness (QED) is 0.566. The molecule has 0 radical (unpaired) electrons. The van der Waals surface area contributed by atoms with Gasteiger partial charge in [-0.3, -0.25) is 9.69 Å². The third-order valence-corrected chi connectivity index (χ3v) is 7.39. The first-order valence-electron chi connectivity index (χ1n) is 11.4. The van der Waals surface area contributed by atoms with Crippen LogP contribution in [-0.4, -0.2) is 74.3 Å². The van der Waals surface area contributed by atoms with Gasteiger partial charge in [0.05, 0.1) is 46.6 Å². The minimum Gasteiger partial charge on any atom is -0.395 e. The minimum atomic E-state index is -4.00. The highest BCUT2D eigenvalue weighted by Crippen LogP contribution is 2.44. The maximum atomic E-state index is 14.0. The molecule has 5 amide bonds. The van der Waals surface area contributed by atoms with Gasteiger partial charge in [-0.25, -0.2) is 27.3 Å². The first-order chi connectivity index (χ1) is 18.0. The molecule has 4 rings (SSSR count). The molecule has 2 N–H and O–H groups in total. The molecule has 0 aliphatic carbocycles. The predicted octanol–water partition coefficient (Wildman–Crippen LogP) is 1.84. The number of aliphatic hydroxyl groups is 1. The van der Waals surface area contributed by atoms with E-state index in [1.165, 1.54) is 48.3 Å². The molecule has 198 valence electrons. The van der Waals surface area contributed by atoms with E-state index < -0.39 is 47.1 Å². The SMILES string of the molecule is CN1CC2=C(C1=O)C(c1ccc(C#N)cc1S(C)(=O)=O)N(C(=O)NCCO)C(=O)N2c1cccc(CF)c1. The lowest BCUT2D eigenvalue weighted by Gasteiger charge is -2.40. The number of carbonyl (C=O) groups excluding carboxylic acids is 3. The maximum absolute atomic E-state index is 14.0. The summed E-state index contributed by atoms with van der Waals surface area (Å²) in [6.07, 6.45) is 0.917. The van der Waals surface area contributed by atoms with E-state index in [1.54, 1.807) is 0 Å². The number of likely N-dealkylation sites (N-methyl/N-ethyl adjacent to an activating group) is 1. The molecule has 0 saturated heterocycles. The average Bonchev–Trinajstić information content (AvgIpc) is 3.18. The number of alkyl halides is 1. The number of imide groups is 1. The van der Waals surface area contributed by atoms with Crippen molar-refractivity contribution >= 4 is 33.5 Å². The Morgan fingerprint density at radius 1 is 1.24 bits per heavy atom. The molecular formula is C25H24FN5O6S. The summed E-state index contributed by atoms with van der Waals surface area (Å²) in [5.74, 6) is -0.548. The highest BCUT2D eigenvalue weighted by Gasteiger charge is 2.51. The third-order valence-electron chi connectivity index (χ3n) is 6.24. The van der Waals surface area contributed by atoms with Crippen LogP contribution in [-0.2, 0) is 21.3 Å². The molecule has 2 heterocycles. The van der Waals surface area contributed by atoms with E-state index in [0.717, 1.165) is 17.2 Å². The molecular weight excluding hydrogens is 517 g/mol. The second-order valence-corrected chi connectivity index (χ2v) is 10.8. The van der Waals surface area contributed by atoms with Crippen molar-refractivity contribution in [2.75, 3.05) is 37.9 Å². The molecule has 2 aromatic rings. The van der Waals surface area contributed by atoms with E-state index in [0.29, 0.717) is 4.90 Å². The molecule has 0 aromatic heterocycles. The number of carbonyl (C=O) groups is 3. The zero-order valence-electron chi connectivity index (χ0n) is 20.5. The van der Waals surface area contributed by atoms with Gasteiger partial charge in [-0.05, 0) is 35.4 Å². The molecule has 0 bridgehead atoms. The number of amides is 5. The Hall–Kier alpha value is -4.28. The average molecular weight is 542 g/mol. The molecule has 0 saturated carbocycles. The topological polar surface area (TPSA) is 151 Å². The van der Waals surface area contributed by atoms with Gasteiger partial charge in [-0.15, -0.1) is 0 Å². The molecule has 13 heteroatoms. The Balaban J connectivity index is 2.04. The van der Waals surface area contributed by atoms with Crippen molar-refractivity contribution in [3.8, 4) is 6.07 Å². The van der Waals surface area contributed by atoms with Gasteiger partial charge in [0.25, 0.3) is 5.91 Å². The highest BCUT2D eigenvalue weighted by molar-refractivity contribution is 7.90. The number of urea groups is 2.